The molecule has 4 heterocycles. The smallest absolute Gasteiger partial charge is 0.303 e. The van der Waals surface area contributed by atoms with Gasteiger partial charge in [-0.15, -0.1) is 11.3 Å². The minimum Gasteiger partial charge on any atom is -0.463 e. The van der Waals surface area contributed by atoms with Gasteiger partial charge in [0.25, 0.3) is 0 Å². The number of ether oxygens (including phenoxy) is 4. The van der Waals surface area contributed by atoms with E-state index in [1.165, 1.54) is 27.1 Å². The molecular formula is C27H30N6O7S2. The van der Waals surface area contributed by atoms with Crippen LogP contribution in [0.4, 0.5) is 5.82 Å². The number of nitrogens with one attached hydrogen (secondary N) is 1. The maximum absolute atomic E-state index is 12.1. The monoisotopic (exact) mass is 614 g/mol. The molecule has 4 aromatic rings. The van der Waals surface area contributed by atoms with Crippen molar-refractivity contribution in [1.82, 2.24) is 24.5 Å². The summed E-state index contributed by atoms with van der Waals surface area (Å²) in [6, 6.07) is 8.04. The van der Waals surface area contributed by atoms with Crippen molar-refractivity contribution in [1.29, 1.82) is 0 Å². The lowest BCUT2D eigenvalue weighted by molar-refractivity contribution is -0.166. The summed E-state index contributed by atoms with van der Waals surface area (Å²) in [5.41, 5.74) is 1.89. The fraction of sp³-hybridized carbons (Fsp3) is 0.444. The Kier molecular flexibility index (Phi) is 8.89. The van der Waals surface area contributed by atoms with Crippen LogP contribution in [0.1, 0.15) is 39.7 Å². The molecule has 0 bridgehead atoms. The van der Waals surface area contributed by atoms with Crippen LogP contribution < -0.4 is 5.32 Å². The van der Waals surface area contributed by atoms with Crippen molar-refractivity contribution in [3.05, 3.63) is 36.4 Å². The zero-order valence-corrected chi connectivity index (χ0v) is 25.2. The fourth-order valence-electron chi connectivity index (χ4n) is 4.61. The van der Waals surface area contributed by atoms with Gasteiger partial charge in [-0.05, 0) is 26.0 Å². The van der Waals surface area contributed by atoms with Gasteiger partial charge >= 0.3 is 17.9 Å². The van der Waals surface area contributed by atoms with E-state index in [1.807, 2.05) is 25.1 Å². The normalized spacial score (nSPS) is 20.9. The van der Waals surface area contributed by atoms with Gasteiger partial charge in [0.05, 0.1) is 16.5 Å². The highest BCUT2D eigenvalue weighted by atomic mass is 32.2. The molecule has 0 spiro atoms. The second-order valence-electron chi connectivity index (χ2n) is 9.76. The van der Waals surface area contributed by atoms with Crippen LogP contribution in [0.15, 0.2) is 34.9 Å². The van der Waals surface area contributed by atoms with E-state index >= 15 is 0 Å². The molecule has 0 saturated carbocycles. The number of esters is 3. The van der Waals surface area contributed by atoms with Gasteiger partial charge in [0.1, 0.15) is 18.5 Å². The third-order valence-electron chi connectivity index (χ3n) is 6.26. The number of carbonyl (C=O) groups is 3. The van der Waals surface area contributed by atoms with Gasteiger partial charge in [-0.25, -0.2) is 19.9 Å². The molecule has 5 rings (SSSR count). The Bertz CT molecular complexity index is 1590. The number of aryl methyl sites for hydroxylation is 1. The summed E-state index contributed by atoms with van der Waals surface area (Å²) in [5, 5.41) is 3.43. The molecule has 13 nitrogen and oxygen atoms in total. The molecule has 5 atom stereocenters. The maximum atomic E-state index is 12.1. The van der Waals surface area contributed by atoms with Crippen LogP contribution in [-0.2, 0) is 33.3 Å². The number of fused-ring (bicyclic) bond motifs is 2. The van der Waals surface area contributed by atoms with Crippen molar-refractivity contribution in [3.63, 3.8) is 0 Å². The summed E-state index contributed by atoms with van der Waals surface area (Å²) >= 11 is 3.31. The molecule has 1 fully saturated rings. The van der Waals surface area contributed by atoms with Crippen molar-refractivity contribution >= 4 is 68.2 Å². The molecule has 0 amide bonds. The molecule has 0 radical (unpaired) electrons. The molecule has 1 saturated heterocycles. The molecule has 1 aliphatic rings. The van der Waals surface area contributed by atoms with Crippen LogP contribution in [0.25, 0.3) is 21.4 Å². The summed E-state index contributed by atoms with van der Waals surface area (Å²) in [7, 11) is 0. The number of thiazole rings is 1. The van der Waals surface area contributed by atoms with Crippen LogP contribution in [0.2, 0.25) is 0 Å². The minimum atomic E-state index is -1.06. The molecule has 1 N–H and O–H groups in total. The number of carbonyl (C=O) groups excluding carboxylic acids is 3. The van der Waals surface area contributed by atoms with E-state index < -0.39 is 42.4 Å². The number of rotatable bonds is 10. The molecule has 222 valence electrons. The van der Waals surface area contributed by atoms with E-state index in [4.69, 9.17) is 18.9 Å². The number of hydrogen-bond acceptors (Lipinski definition) is 14. The average Bonchev–Trinajstić information content (AvgIpc) is 3.61. The molecule has 15 heteroatoms. The van der Waals surface area contributed by atoms with Gasteiger partial charge in [-0.2, -0.15) is 0 Å². The quantitative estimate of drug-likeness (QED) is 0.157. The number of imidazole rings is 1. The minimum absolute atomic E-state index is 0.00245. The van der Waals surface area contributed by atoms with Gasteiger partial charge in [0, 0.05) is 32.6 Å². The number of benzene rings is 1. The zero-order valence-electron chi connectivity index (χ0n) is 23.6. The van der Waals surface area contributed by atoms with Gasteiger partial charge in [-0.1, -0.05) is 23.9 Å². The summed E-state index contributed by atoms with van der Waals surface area (Å²) in [4.78, 5) is 53.9. The second-order valence-corrected chi connectivity index (χ2v) is 12.1. The standard InChI is InChI=1S/C27H30N6O7S2/c1-13(11-41-27-32-18-8-6-7-9-20(18)42-27)29-24-21-25(31-14(2)30-24)33(12-28-21)26-23(39-17(5)36)22(38-16(4)35)19(40-26)10-37-15(3)34/h6-9,12-13,19,22-23,26H,10-11H2,1-5H3,(H,29,30,31)/t13-,19-,22-,23-,26-/m1/s1. The average molecular weight is 615 g/mol. The zero-order chi connectivity index (χ0) is 30.0. The van der Waals surface area contributed by atoms with Gasteiger partial charge in [0.15, 0.2) is 39.8 Å². The Morgan fingerprint density at radius 2 is 1.81 bits per heavy atom. The highest BCUT2D eigenvalue weighted by Crippen LogP contribution is 2.37. The van der Waals surface area contributed by atoms with Gasteiger partial charge in [0.2, 0.25) is 0 Å². The Labute approximate surface area is 249 Å². The van der Waals surface area contributed by atoms with E-state index in [9.17, 15) is 14.4 Å². The van der Waals surface area contributed by atoms with Crippen molar-refractivity contribution in [3.8, 4) is 0 Å². The summed E-state index contributed by atoms with van der Waals surface area (Å²) in [6.45, 7) is 7.33. The number of para-hydroxylation sites is 1. The summed E-state index contributed by atoms with van der Waals surface area (Å²) in [6.07, 6.45) is -2.46. The van der Waals surface area contributed by atoms with Crippen LogP contribution in [-0.4, -0.2) is 79.1 Å². The van der Waals surface area contributed by atoms with E-state index in [1.54, 1.807) is 34.6 Å². The second kappa shape index (κ2) is 12.6. The van der Waals surface area contributed by atoms with E-state index in [0.29, 0.717) is 22.8 Å². The van der Waals surface area contributed by atoms with Gasteiger partial charge in [-0.3, -0.25) is 19.0 Å². The molecule has 42 heavy (non-hydrogen) atoms. The number of aromatic nitrogens is 5. The molecule has 0 unspecified atom stereocenters. The lowest BCUT2D eigenvalue weighted by atomic mass is 10.1. The molecule has 3 aromatic heterocycles. The largest absolute Gasteiger partial charge is 0.463 e. The Morgan fingerprint density at radius 1 is 1.07 bits per heavy atom. The Balaban J connectivity index is 1.39. The first-order valence-corrected chi connectivity index (χ1v) is 15.0. The lowest BCUT2D eigenvalue weighted by Crippen LogP contribution is -2.40. The number of anilines is 1. The molecular weight excluding hydrogens is 584 g/mol. The van der Waals surface area contributed by atoms with Crippen molar-refractivity contribution < 1.29 is 33.3 Å². The highest BCUT2D eigenvalue weighted by Gasteiger charge is 2.51. The van der Waals surface area contributed by atoms with E-state index in [0.717, 1.165) is 20.3 Å². The molecule has 1 aliphatic heterocycles. The first-order valence-electron chi connectivity index (χ1n) is 13.2. The first kappa shape index (κ1) is 29.7. The predicted octanol–water partition coefficient (Wildman–Crippen LogP) is 3.66. The van der Waals surface area contributed by atoms with Crippen molar-refractivity contribution in [2.24, 2.45) is 0 Å². The maximum Gasteiger partial charge on any atom is 0.303 e. The Hall–Kier alpha value is -3.82. The topological polar surface area (TPSA) is 157 Å². The van der Waals surface area contributed by atoms with Crippen LogP contribution in [0.5, 0.6) is 0 Å². The first-order chi connectivity index (χ1) is 20.1. The van der Waals surface area contributed by atoms with E-state index in [2.05, 4.69) is 31.3 Å². The molecule has 0 aliphatic carbocycles. The van der Waals surface area contributed by atoms with Crippen molar-refractivity contribution in [2.75, 3.05) is 17.7 Å². The SMILES string of the molecule is CC(=O)OC[C@H]1O[C@@H](n2cnc3c(N[C@H](C)CSc4nc5ccccc5s4)nc(C)nc32)[C@H](OC(C)=O)[C@@H]1OC(C)=O. The van der Waals surface area contributed by atoms with Crippen LogP contribution in [0, 0.1) is 6.92 Å². The number of nitrogens with zero attached hydrogens (tertiary/aromatic N) is 5. The predicted molar refractivity (Wildman–Crippen MR) is 155 cm³/mol. The van der Waals surface area contributed by atoms with Crippen LogP contribution >= 0.6 is 23.1 Å². The Morgan fingerprint density at radius 3 is 2.52 bits per heavy atom. The van der Waals surface area contributed by atoms with E-state index in [-0.39, 0.29) is 12.6 Å². The fourth-order valence-corrected chi connectivity index (χ4v) is 6.66. The molecule has 1 aromatic carbocycles. The third-order valence-corrected chi connectivity index (χ3v) is 8.70. The summed E-state index contributed by atoms with van der Waals surface area (Å²) < 4.78 is 26.1. The van der Waals surface area contributed by atoms with Gasteiger partial charge < -0.3 is 24.3 Å². The third kappa shape index (κ3) is 6.63. The lowest BCUT2D eigenvalue weighted by Gasteiger charge is -2.23. The number of hydrogen-bond donors (Lipinski definition) is 1. The van der Waals surface area contributed by atoms with Crippen molar-refractivity contribution in [2.45, 2.75) is 69.5 Å². The van der Waals surface area contributed by atoms with Crippen LogP contribution in [0.3, 0.4) is 0 Å². The highest BCUT2D eigenvalue weighted by molar-refractivity contribution is 8.01. The summed E-state index contributed by atoms with van der Waals surface area (Å²) in [5.74, 6) is 0.00229. The number of thioether (sulfide) groups is 1.